The van der Waals surface area contributed by atoms with Crippen molar-refractivity contribution in [3.8, 4) is 11.6 Å². The molecule has 160 valence electrons. The maximum absolute atomic E-state index is 9.32. The lowest BCUT2D eigenvalue weighted by molar-refractivity contribution is 0.244. The summed E-state index contributed by atoms with van der Waals surface area (Å²) < 4.78 is 12.0. The van der Waals surface area contributed by atoms with Gasteiger partial charge in [0.15, 0.2) is 5.75 Å². The molecule has 4 rings (SSSR count). The topological polar surface area (TPSA) is 64.5 Å². The summed E-state index contributed by atoms with van der Waals surface area (Å²) in [6.45, 7) is 0.780. The molecular formula is C27H24N2O3. The predicted molar refractivity (Wildman–Crippen MR) is 125 cm³/mol. The highest BCUT2D eigenvalue weighted by atomic mass is 16.5. The van der Waals surface area contributed by atoms with Gasteiger partial charge < -0.3 is 14.6 Å². The first-order chi connectivity index (χ1) is 15.8. The summed E-state index contributed by atoms with van der Waals surface area (Å²) in [5.74, 6) is 0.882. The molecule has 1 aromatic heterocycles. The molecule has 0 atom stereocenters. The van der Waals surface area contributed by atoms with Crippen LogP contribution in [-0.2, 0) is 19.8 Å². The zero-order valence-corrected chi connectivity index (χ0v) is 17.6. The van der Waals surface area contributed by atoms with Gasteiger partial charge in [0.05, 0.1) is 12.3 Å². The maximum Gasteiger partial charge on any atom is 0.276 e. The molecule has 0 bridgehead atoms. The highest BCUT2D eigenvalue weighted by Crippen LogP contribution is 2.27. The molecule has 0 saturated carbocycles. The number of aromatic nitrogens is 2. The fourth-order valence-corrected chi connectivity index (χ4v) is 3.10. The minimum Gasteiger partial charge on any atom is -0.483 e. The molecule has 32 heavy (non-hydrogen) atoms. The normalized spacial score (nSPS) is 10.9. The van der Waals surface area contributed by atoms with E-state index in [1.165, 1.54) is 0 Å². The quantitative estimate of drug-likeness (QED) is 0.395. The van der Waals surface area contributed by atoms with Crippen LogP contribution in [0.1, 0.15) is 27.9 Å². The summed E-state index contributed by atoms with van der Waals surface area (Å²) in [4.78, 5) is 0. The first kappa shape index (κ1) is 21.3. The third-order valence-corrected chi connectivity index (χ3v) is 4.78. The van der Waals surface area contributed by atoms with E-state index < -0.39 is 0 Å². The molecule has 5 heteroatoms. The van der Waals surface area contributed by atoms with E-state index in [4.69, 9.17) is 9.47 Å². The standard InChI is InChI=1S/C27H24N2O3/c30-18-24-13-7-12-21(16-24)14-15-25-17-26(31-19-22-8-3-1-4-9-22)27(29-28-25)32-20-23-10-5-2-6-11-23/h1-17,30H,18-20H2/b15-14+. The Kier molecular flexibility index (Phi) is 7.24. The van der Waals surface area contributed by atoms with Gasteiger partial charge in [-0.3, -0.25) is 0 Å². The van der Waals surface area contributed by atoms with Crippen molar-refractivity contribution in [1.82, 2.24) is 10.2 Å². The van der Waals surface area contributed by atoms with Gasteiger partial charge in [0, 0.05) is 6.07 Å². The molecule has 0 amide bonds. The van der Waals surface area contributed by atoms with Crippen molar-refractivity contribution in [2.24, 2.45) is 0 Å². The molecule has 3 aromatic carbocycles. The average molecular weight is 425 g/mol. The molecule has 5 nitrogen and oxygen atoms in total. The number of aliphatic hydroxyl groups is 1. The van der Waals surface area contributed by atoms with Crippen LogP contribution in [0.15, 0.2) is 91.0 Å². The van der Waals surface area contributed by atoms with E-state index in [2.05, 4.69) is 10.2 Å². The summed E-state index contributed by atoms with van der Waals surface area (Å²) in [5, 5.41) is 17.9. The lowest BCUT2D eigenvalue weighted by Crippen LogP contribution is -2.04. The largest absolute Gasteiger partial charge is 0.483 e. The summed E-state index contributed by atoms with van der Waals surface area (Å²) >= 11 is 0. The molecule has 0 saturated heterocycles. The molecule has 0 fully saturated rings. The molecule has 4 aromatic rings. The van der Waals surface area contributed by atoms with Crippen LogP contribution in [0.25, 0.3) is 12.2 Å². The lowest BCUT2D eigenvalue weighted by Gasteiger charge is -2.12. The first-order valence-electron chi connectivity index (χ1n) is 10.4. The highest BCUT2D eigenvalue weighted by Gasteiger charge is 2.10. The SMILES string of the molecule is OCc1cccc(/C=C/c2cc(OCc3ccccc3)c(OCc3ccccc3)nn2)c1. The Bertz CT molecular complexity index is 1160. The van der Waals surface area contributed by atoms with Crippen LogP contribution in [0.2, 0.25) is 0 Å². The van der Waals surface area contributed by atoms with E-state index in [9.17, 15) is 5.11 Å². The number of benzene rings is 3. The molecule has 0 aliphatic rings. The van der Waals surface area contributed by atoms with Crippen molar-refractivity contribution in [3.63, 3.8) is 0 Å². The second-order valence-corrected chi connectivity index (χ2v) is 7.22. The molecular weight excluding hydrogens is 400 g/mol. The van der Waals surface area contributed by atoms with Gasteiger partial charge in [-0.25, -0.2) is 0 Å². The molecule has 1 heterocycles. The second-order valence-electron chi connectivity index (χ2n) is 7.22. The minimum atomic E-state index is 0.00636. The zero-order valence-electron chi connectivity index (χ0n) is 17.6. The number of ether oxygens (including phenoxy) is 2. The van der Waals surface area contributed by atoms with E-state index in [1.54, 1.807) is 0 Å². The van der Waals surface area contributed by atoms with Crippen molar-refractivity contribution in [2.45, 2.75) is 19.8 Å². The fourth-order valence-electron chi connectivity index (χ4n) is 3.10. The van der Waals surface area contributed by atoms with Gasteiger partial charge in [-0.1, -0.05) is 84.9 Å². The summed E-state index contributed by atoms with van der Waals surface area (Å²) in [6.07, 6.45) is 3.79. The van der Waals surface area contributed by atoms with Crippen LogP contribution in [0.3, 0.4) is 0 Å². The molecule has 0 aliphatic carbocycles. The highest BCUT2D eigenvalue weighted by molar-refractivity contribution is 5.68. The Morgan fingerprint density at radius 2 is 1.31 bits per heavy atom. The lowest BCUT2D eigenvalue weighted by atomic mass is 10.1. The Morgan fingerprint density at radius 1 is 0.656 bits per heavy atom. The van der Waals surface area contributed by atoms with E-state index in [0.717, 1.165) is 22.3 Å². The molecule has 0 unspecified atom stereocenters. The number of hydrogen-bond donors (Lipinski definition) is 1. The molecule has 0 spiro atoms. The van der Waals surface area contributed by atoms with Gasteiger partial charge in [0.2, 0.25) is 0 Å². The van der Waals surface area contributed by atoms with Gasteiger partial charge in [0.25, 0.3) is 5.88 Å². The number of aliphatic hydroxyl groups excluding tert-OH is 1. The van der Waals surface area contributed by atoms with Crippen LogP contribution >= 0.6 is 0 Å². The van der Waals surface area contributed by atoms with Crippen molar-refractivity contribution < 1.29 is 14.6 Å². The summed E-state index contributed by atoms with van der Waals surface area (Å²) in [5.41, 5.74) is 4.56. The molecule has 0 radical (unpaired) electrons. The van der Waals surface area contributed by atoms with Crippen LogP contribution < -0.4 is 9.47 Å². The predicted octanol–water partition coefficient (Wildman–Crippen LogP) is 5.30. The van der Waals surface area contributed by atoms with Crippen LogP contribution in [0, 0.1) is 0 Å². The Labute approximate surface area is 187 Å². The van der Waals surface area contributed by atoms with E-state index in [-0.39, 0.29) is 6.61 Å². The van der Waals surface area contributed by atoms with Crippen molar-refractivity contribution in [3.05, 3.63) is 119 Å². The van der Waals surface area contributed by atoms with E-state index >= 15 is 0 Å². The van der Waals surface area contributed by atoms with Crippen LogP contribution in [0.4, 0.5) is 0 Å². The van der Waals surface area contributed by atoms with Gasteiger partial charge in [-0.15, -0.1) is 10.2 Å². The zero-order chi connectivity index (χ0) is 22.0. The van der Waals surface area contributed by atoms with Crippen LogP contribution in [-0.4, -0.2) is 15.3 Å². The van der Waals surface area contributed by atoms with Crippen molar-refractivity contribution in [1.29, 1.82) is 0 Å². The van der Waals surface area contributed by atoms with Gasteiger partial charge in [0.1, 0.15) is 13.2 Å². The van der Waals surface area contributed by atoms with Gasteiger partial charge >= 0.3 is 0 Å². The van der Waals surface area contributed by atoms with Gasteiger partial charge in [-0.2, -0.15) is 0 Å². The Balaban J connectivity index is 1.54. The third kappa shape index (κ3) is 6.03. The summed E-state index contributed by atoms with van der Waals surface area (Å²) in [7, 11) is 0. The number of hydrogen-bond acceptors (Lipinski definition) is 5. The maximum atomic E-state index is 9.32. The molecule has 1 N–H and O–H groups in total. The second kappa shape index (κ2) is 10.9. The Hall–Kier alpha value is -3.96. The minimum absolute atomic E-state index is 0.00636. The van der Waals surface area contributed by atoms with Crippen LogP contribution in [0.5, 0.6) is 11.6 Å². The number of nitrogens with zero attached hydrogens (tertiary/aromatic N) is 2. The Morgan fingerprint density at radius 3 is 2.00 bits per heavy atom. The van der Waals surface area contributed by atoms with Gasteiger partial charge in [-0.05, 0) is 34.4 Å². The summed E-state index contributed by atoms with van der Waals surface area (Å²) in [6, 6.07) is 29.3. The van der Waals surface area contributed by atoms with E-state index in [1.807, 2.05) is 103 Å². The third-order valence-electron chi connectivity index (χ3n) is 4.78. The smallest absolute Gasteiger partial charge is 0.276 e. The average Bonchev–Trinajstić information content (AvgIpc) is 2.87. The molecule has 0 aliphatic heterocycles. The first-order valence-corrected chi connectivity index (χ1v) is 10.4. The monoisotopic (exact) mass is 424 g/mol. The number of rotatable bonds is 9. The van der Waals surface area contributed by atoms with Crippen molar-refractivity contribution in [2.75, 3.05) is 0 Å². The van der Waals surface area contributed by atoms with E-state index in [0.29, 0.717) is 30.5 Å². The van der Waals surface area contributed by atoms with Crippen molar-refractivity contribution >= 4 is 12.2 Å². The fraction of sp³-hybridized carbons (Fsp3) is 0.111.